The second-order valence-corrected chi connectivity index (χ2v) is 8.34. The summed E-state index contributed by atoms with van der Waals surface area (Å²) in [6.07, 6.45) is 7.43. The van der Waals surface area contributed by atoms with E-state index < -0.39 is 24.0 Å². The van der Waals surface area contributed by atoms with Crippen LogP contribution in [-0.2, 0) is 28.8 Å². The Bertz CT molecular complexity index is 855. The average molecular weight is 509 g/mol. The van der Waals surface area contributed by atoms with Gasteiger partial charge in [-0.25, -0.2) is 9.59 Å². The topological polar surface area (TPSA) is 182 Å². The number of unbranched alkanes of at least 4 members (excludes halogenated alkanes) is 2. The van der Waals surface area contributed by atoms with Crippen molar-refractivity contribution in [2.24, 2.45) is 0 Å². The normalized spacial score (nSPS) is 17.7. The van der Waals surface area contributed by atoms with Gasteiger partial charge in [-0.3, -0.25) is 19.2 Å². The third-order valence-electron chi connectivity index (χ3n) is 5.56. The van der Waals surface area contributed by atoms with Crippen molar-refractivity contribution in [3.05, 3.63) is 24.3 Å². The molecule has 1 heterocycles. The molecule has 1 aliphatic rings. The Kier molecular flexibility index (Phi) is 14.4. The molecule has 1 fully saturated rings. The van der Waals surface area contributed by atoms with E-state index in [9.17, 15) is 28.8 Å². The van der Waals surface area contributed by atoms with Crippen molar-refractivity contribution < 1.29 is 39.0 Å². The van der Waals surface area contributed by atoms with Crippen LogP contribution in [0.25, 0.3) is 0 Å². The first-order valence-electron chi connectivity index (χ1n) is 12.1. The van der Waals surface area contributed by atoms with Gasteiger partial charge >= 0.3 is 11.9 Å². The number of likely N-dealkylation sites (N-methyl/N-ethyl adjacent to an activating group) is 1. The van der Waals surface area contributed by atoms with E-state index in [1.165, 1.54) is 4.90 Å². The fourth-order valence-corrected chi connectivity index (χ4v) is 3.59. The first kappa shape index (κ1) is 30.5. The molecule has 1 aliphatic heterocycles. The first-order chi connectivity index (χ1) is 17.1. The Morgan fingerprint density at radius 3 is 1.94 bits per heavy atom. The lowest BCUT2D eigenvalue weighted by atomic mass is 10.0. The highest BCUT2D eigenvalue weighted by atomic mass is 16.4. The van der Waals surface area contributed by atoms with Gasteiger partial charge in [0.1, 0.15) is 12.1 Å². The molecule has 0 aliphatic carbocycles. The lowest BCUT2D eigenvalue weighted by Gasteiger charge is -2.30. The number of carbonyl (C=O) groups excluding carboxylic acids is 4. The molecule has 2 unspecified atom stereocenters. The molecule has 12 nitrogen and oxygen atoms in total. The van der Waals surface area contributed by atoms with Crippen molar-refractivity contribution >= 4 is 35.4 Å². The van der Waals surface area contributed by atoms with Crippen LogP contribution < -0.4 is 16.0 Å². The number of piperazine rings is 1. The van der Waals surface area contributed by atoms with Crippen LogP contribution in [0, 0.1) is 0 Å². The minimum atomic E-state index is -1.19. The Morgan fingerprint density at radius 1 is 0.833 bits per heavy atom. The van der Waals surface area contributed by atoms with Crippen LogP contribution >= 0.6 is 0 Å². The molecule has 200 valence electrons. The number of hydrogen-bond donors (Lipinski definition) is 5. The Balaban J connectivity index is 2.22. The van der Waals surface area contributed by atoms with Crippen molar-refractivity contribution in [3.8, 4) is 0 Å². The largest absolute Gasteiger partial charge is 0.478 e. The van der Waals surface area contributed by atoms with Crippen LogP contribution in [-0.4, -0.2) is 88.8 Å². The van der Waals surface area contributed by atoms with Crippen molar-refractivity contribution in [1.29, 1.82) is 0 Å². The Morgan fingerprint density at radius 2 is 1.39 bits per heavy atom. The van der Waals surface area contributed by atoms with E-state index in [-0.39, 0.29) is 29.9 Å². The molecule has 12 heteroatoms. The second-order valence-electron chi connectivity index (χ2n) is 8.34. The lowest BCUT2D eigenvalue weighted by molar-refractivity contribution is -0.137. The summed E-state index contributed by atoms with van der Waals surface area (Å²) in [6.45, 7) is 3.70. The minimum Gasteiger partial charge on any atom is -0.478 e. The molecule has 0 spiro atoms. The molecule has 0 radical (unpaired) electrons. The maximum atomic E-state index is 12.4. The van der Waals surface area contributed by atoms with Gasteiger partial charge in [0.15, 0.2) is 5.78 Å². The zero-order chi connectivity index (χ0) is 26.9. The highest BCUT2D eigenvalue weighted by molar-refractivity contribution is 5.97. The molecule has 0 aromatic carbocycles. The molecular weight excluding hydrogens is 472 g/mol. The number of rotatable bonds is 18. The van der Waals surface area contributed by atoms with Gasteiger partial charge in [0.2, 0.25) is 17.7 Å². The van der Waals surface area contributed by atoms with Gasteiger partial charge in [-0.05, 0) is 58.1 Å². The molecule has 36 heavy (non-hydrogen) atoms. The van der Waals surface area contributed by atoms with Gasteiger partial charge in [-0.15, -0.1) is 0 Å². The SMILES string of the molecule is CCN(CCCCC1NC(=O)C(CCCCNCCC(=O)C=CC(=O)O)NC1=O)C(=O)C=CC(=O)O. The Labute approximate surface area is 210 Å². The quantitative estimate of drug-likeness (QED) is 0.126. The number of aliphatic carboxylic acids is 2. The zero-order valence-electron chi connectivity index (χ0n) is 20.5. The minimum absolute atomic E-state index is 0.195. The third-order valence-corrected chi connectivity index (χ3v) is 5.56. The van der Waals surface area contributed by atoms with E-state index in [1.54, 1.807) is 6.92 Å². The fourth-order valence-electron chi connectivity index (χ4n) is 3.59. The van der Waals surface area contributed by atoms with Gasteiger partial charge in [0, 0.05) is 44.3 Å². The summed E-state index contributed by atoms with van der Waals surface area (Å²) >= 11 is 0. The average Bonchev–Trinajstić information content (AvgIpc) is 2.83. The number of ketones is 1. The van der Waals surface area contributed by atoms with Crippen molar-refractivity contribution in [1.82, 2.24) is 20.9 Å². The van der Waals surface area contributed by atoms with Gasteiger partial charge in [-0.1, -0.05) is 0 Å². The lowest BCUT2D eigenvalue weighted by Crippen LogP contribution is -2.61. The standard InChI is InChI=1S/C24H36N4O8/c1-2-28(20(30)10-12-22(33)34)16-6-4-8-19-24(36)26-18(23(35)27-19)7-3-5-14-25-15-13-17(29)9-11-21(31)32/h9-12,18-19,25H,2-8,13-16H2,1H3,(H,26,36)(H,27,35)(H,31,32)(H,33,34). The third kappa shape index (κ3) is 12.8. The smallest absolute Gasteiger partial charge is 0.328 e. The van der Waals surface area contributed by atoms with Crippen molar-refractivity contribution in [3.63, 3.8) is 0 Å². The van der Waals surface area contributed by atoms with Crippen LogP contribution in [0.1, 0.15) is 51.9 Å². The number of amides is 3. The number of carbonyl (C=O) groups is 6. The molecule has 0 bridgehead atoms. The van der Waals surface area contributed by atoms with Crippen LogP contribution in [0.4, 0.5) is 0 Å². The molecule has 5 N–H and O–H groups in total. The van der Waals surface area contributed by atoms with Gasteiger partial charge in [-0.2, -0.15) is 0 Å². The number of nitrogens with zero attached hydrogens (tertiary/aromatic N) is 1. The number of nitrogens with one attached hydrogen (secondary N) is 3. The van der Waals surface area contributed by atoms with Crippen LogP contribution in [0.2, 0.25) is 0 Å². The maximum Gasteiger partial charge on any atom is 0.328 e. The molecule has 0 aromatic heterocycles. The summed E-state index contributed by atoms with van der Waals surface area (Å²) in [5.74, 6) is -3.48. The summed E-state index contributed by atoms with van der Waals surface area (Å²) in [4.78, 5) is 70.5. The Hall–Kier alpha value is -3.54. The predicted octanol–water partition coefficient (Wildman–Crippen LogP) is -0.0109. The zero-order valence-corrected chi connectivity index (χ0v) is 20.5. The summed E-state index contributed by atoms with van der Waals surface area (Å²) in [6, 6.07) is -1.22. The first-order valence-corrected chi connectivity index (χ1v) is 12.1. The van der Waals surface area contributed by atoms with E-state index in [2.05, 4.69) is 16.0 Å². The van der Waals surface area contributed by atoms with Crippen molar-refractivity contribution in [2.75, 3.05) is 26.2 Å². The van der Waals surface area contributed by atoms with E-state index in [4.69, 9.17) is 10.2 Å². The number of carboxylic acid groups (broad SMARTS) is 2. The van der Waals surface area contributed by atoms with Gasteiger partial charge < -0.3 is 31.1 Å². The molecule has 2 atom stereocenters. The predicted molar refractivity (Wildman–Crippen MR) is 130 cm³/mol. The fraction of sp³-hybridized carbons (Fsp3) is 0.583. The van der Waals surface area contributed by atoms with Gasteiger partial charge in [0.05, 0.1) is 0 Å². The molecule has 0 aromatic rings. The maximum absolute atomic E-state index is 12.4. The molecule has 3 amide bonds. The van der Waals surface area contributed by atoms with E-state index in [1.807, 2.05) is 0 Å². The van der Waals surface area contributed by atoms with E-state index in [0.717, 1.165) is 30.7 Å². The van der Waals surface area contributed by atoms with Gasteiger partial charge in [0.25, 0.3) is 0 Å². The monoisotopic (exact) mass is 508 g/mol. The summed E-state index contributed by atoms with van der Waals surface area (Å²) < 4.78 is 0. The molecule has 0 saturated carbocycles. The van der Waals surface area contributed by atoms with E-state index >= 15 is 0 Å². The summed E-state index contributed by atoms with van der Waals surface area (Å²) in [7, 11) is 0. The molecule has 1 saturated heterocycles. The summed E-state index contributed by atoms with van der Waals surface area (Å²) in [5, 5.41) is 25.7. The van der Waals surface area contributed by atoms with Crippen LogP contribution in [0.3, 0.4) is 0 Å². The number of hydrogen-bond acceptors (Lipinski definition) is 7. The number of allylic oxidation sites excluding steroid dienone is 1. The summed E-state index contributed by atoms with van der Waals surface area (Å²) in [5.41, 5.74) is 0. The highest BCUT2D eigenvalue weighted by Crippen LogP contribution is 2.11. The molecular formula is C24H36N4O8. The van der Waals surface area contributed by atoms with Crippen LogP contribution in [0.15, 0.2) is 24.3 Å². The van der Waals surface area contributed by atoms with Crippen molar-refractivity contribution in [2.45, 2.75) is 64.0 Å². The molecule has 1 rings (SSSR count). The second kappa shape index (κ2) is 17.0. The highest BCUT2D eigenvalue weighted by Gasteiger charge is 2.32. The van der Waals surface area contributed by atoms with E-state index in [0.29, 0.717) is 58.3 Å². The number of carboxylic acids is 2. The van der Waals surface area contributed by atoms with Crippen LogP contribution in [0.5, 0.6) is 0 Å².